The highest BCUT2D eigenvalue weighted by atomic mass is 35.5. The van der Waals surface area contributed by atoms with Crippen LogP contribution in [0.25, 0.3) is 22.0 Å². The van der Waals surface area contributed by atoms with Crippen LogP contribution in [0.1, 0.15) is 0 Å². The van der Waals surface area contributed by atoms with Gasteiger partial charge in [-0.05, 0) is 30.0 Å². The van der Waals surface area contributed by atoms with Crippen molar-refractivity contribution in [1.29, 1.82) is 0 Å². The highest BCUT2D eigenvalue weighted by molar-refractivity contribution is 7.89. The summed E-state index contributed by atoms with van der Waals surface area (Å²) in [7, 11) is -0.763. The van der Waals surface area contributed by atoms with Crippen molar-refractivity contribution in [2.75, 3.05) is 20.6 Å². The molecular formula is C19H19Cl2FN4O2S. The van der Waals surface area contributed by atoms with Crippen LogP contribution >= 0.6 is 23.4 Å². The summed E-state index contributed by atoms with van der Waals surface area (Å²) in [6.07, 6.45) is 4.15. The second-order valence-corrected chi connectivity index (χ2v) is 9.23. The Morgan fingerprint density at radius 1 is 1.31 bits per heavy atom. The van der Waals surface area contributed by atoms with E-state index in [9.17, 15) is 12.8 Å². The molecule has 0 aliphatic rings. The van der Waals surface area contributed by atoms with Crippen molar-refractivity contribution in [3.05, 3.63) is 59.8 Å². The van der Waals surface area contributed by atoms with Crippen molar-refractivity contribution in [3.8, 4) is 11.1 Å². The number of halogens is 3. The molecule has 0 radical (unpaired) electrons. The highest BCUT2D eigenvalue weighted by Gasteiger charge is 2.22. The van der Waals surface area contributed by atoms with Gasteiger partial charge in [-0.3, -0.25) is 4.98 Å². The number of hydrogen-bond acceptors (Lipinski definition) is 4. The first-order valence-electron chi connectivity index (χ1n) is 8.60. The summed E-state index contributed by atoms with van der Waals surface area (Å²) in [5.41, 5.74) is 1.84. The molecule has 1 N–H and O–H groups in total. The molecule has 0 spiro atoms. The first kappa shape index (κ1) is 21.7. The average molecular weight is 457 g/mol. The van der Waals surface area contributed by atoms with Crippen LogP contribution in [-0.2, 0) is 16.6 Å². The van der Waals surface area contributed by atoms with Gasteiger partial charge in [0.2, 0.25) is 10.0 Å². The molecule has 6 nitrogen and oxygen atoms in total. The molecule has 0 atom stereocenters. The van der Waals surface area contributed by atoms with Gasteiger partial charge < -0.3 is 4.57 Å². The number of nitrogens with zero attached hydrogens (tertiary/aromatic N) is 3. The summed E-state index contributed by atoms with van der Waals surface area (Å²) in [6, 6.07) is 8.85. The van der Waals surface area contributed by atoms with Gasteiger partial charge in [0, 0.05) is 49.5 Å². The van der Waals surface area contributed by atoms with Gasteiger partial charge in [0.25, 0.3) is 0 Å². The number of rotatable bonds is 7. The van der Waals surface area contributed by atoms with Gasteiger partial charge in [-0.25, -0.2) is 21.9 Å². The molecular weight excluding hydrogens is 438 g/mol. The van der Waals surface area contributed by atoms with Gasteiger partial charge in [0.1, 0.15) is 15.9 Å². The topological polar surface area (TPSA) is 67.2 Å². The zero-order valence-electron chi connectivity index (χ0n) is 15.7. The molecule has 2 heterocycles. The number of benzene rings is 1. The summed E-state index contributed by atoms with van der Waals surface area (Å²) in [5.74, 6) is -0.408. The first-order chi connectivity index (χ1) is 13.8. The molecule has 0 bridgehead atoms. The molecule has 3 rings (SSSR count). The number of nitrogens with one attached hydrogen (secondary N) is 1. The van der Waals surface area contributed by atoms with E-state index in [1.165, 1.54) is 38.6 Å². The third-order valence-corrected chi connectivity index (χ3v) is 6.73. The molecule has 0 fully saturated rings. The van der Waals surface area contributed by atoms with Crippen molar-refractivity contribution in [3.63, 3.8) is 0 Å². The summed E-state index contributed by atoms with van der Waals surface area (Å²) < 4.78 is 42.0. The van der Waals surface area contributed by atoms with Gasteiger partial charge in [-0.2, -0.15) is 0 Å². The van der Waals surface area contributed by atoms with Crippen LogP contribution < -0.4 is 4.84 Å². The lowest BCUT2D eigenvalue weighted by Crippen LogP contribution is -2.22. The SMILES string of the molecule is CN(C)S(=O)(=O)c1cncc(-c2c(Cl)n(C/C(F)=C/CNCl)c3ccccc23)c1. The van der Waals surface area contributed by atoms with Gasteiger partial charge in [-0.15, -0.1) is 0 Å². The van der Waals surface area contributed by atoms with Gasteiger partial charge >= 0.3 is 0 Å². The van der Waals surface area contributed by atoms with Crippen molar-refractivity contribution in [2.24, 2.45) is 0 Å². The van der Waals surface area contributed by atoms with E-state index in [1.807, 2.05) is 24.3 Å². The zero-order chi connectivity index (χ0) is 21.2. The molecule has 0 aliphatic heterocycles. The Kier molecular flexibility index (Phi) is 6.60. The fourth-order valence-electron chi connectivity index (χ4n) is 2.97. The van der Waals surface area contributed by atoms with Crippen LogP contribution in [0.2, 0.25) is 5.15 Å². The minimum atomic E-state index is -3.66. The summed E-state index contributed by atoms with van der Waals surface area (Å²) in [4.78, 5) is 6.48. The number of aromatic nitrogens is 2. The Labute approximate surface area is 178 Å². The maximum Gasteiger partial charge on any atom is 0.244 e. The number of para-hydroxylation sites is 1. The van der Waals surface area contributed by atoms with E-state index in [1.54, 1.807) is 4.57 Å². The van der Waals surface area contributed by atoms with Gasteiger partial charge in [0.05, 0.1) is 12.1 Å². The zero-order valence-corrected chi connectivity index (χ0v) is 18.1. The monoisotopic (exact) mass is 456 g/mol. The number of hydrogen-bond donors (Lipinski definition) is 1. The Bertz CT molecular complexity index is 1180. The molecule has 154 valence electrons. The van der Waals surface area contributed by atoms with Crippen LogP contribution in [0.5, 0.6) is 0 Å². The van der Waals surface area contributed by atoms with Crippen LogP contribution in [0.3, 0.4) is 0 Å². The minimum absolute atomic E-state index is 0.0483. The summed E-state index contributed by atoms with van der Waals surface area (Å²) in [5, 5.41) is 1.05. The number of pyridine rings is 1. The van der Waals surface area contributed by atoms with E-state index >= 15 is 0 Å². The lowest BCUT2D eigenvalue weighted by atomic mass is 10.1. The first-order valence-corrected chi connectivity index (χ1v) is 10.8. The predicted molar refractivity (Wildman–Crippen MR) is 114 cm³/mol. The van der Waals surface area contributed by atoms with Crippen molar-refractivity contribution in [2.45, 2.75) is 11.4 Å². The van der Waals surface area contributed by atoms with Crippen molar-refractivity contribution in [1.82, 2.24) is 18.7 Å². The third kappa shape index (κ3) is 4.31. The minimum Gasteiger partial charge on any atom is -0.324 e. The van der Waals surface area contributed by atoms with Crippen LogP contribution in [-0.4, -0.2) is 42.9 Å². The standard InChI is InChI=1S/C19H19Cl2FN4O2S/c1-25(2)29(27,28)15-9-13(10-23-11-15)18-16-5-3-4-6-17(16)26(19(18)20)12-14(22)7-8-24-21/h3-7,9-11,24H,8,12H2,1-2H3/b14-7-. The van der Waals surface area contributed by atoms with Gasteiger partial charge in [0.15, 0.2) is 0 Å². The van der Waals surface area contributed by atoms with E-state index in [0.717, 1.165) is 15.2 Å². The third-order valence-electron chi connectivity index (χ3n) is 4.40. The number of fused-ring (bicyclic) bond motifs is 1. The quantitative estimate of drug-likeness (QED) is 0.540. The van der Waals surface area contributed by atoms with E-state index < -0.39 is 15.9 Å². The van der Waals surface area contributed by atoms with E-state index in [-0.39, 0.29) is 23.1 Å². The van der Waals surface area contributed by atoms with E-state index in [2.05, 4.69) is 9.82 Å². The molecule has 3 aromatic rings. The van der Waals surface area contributed by atoms with Crippen molar-refractivity contribution >= 4 is 44.3 Å². The van der Waals surface area contributed by atoms with E-state index in [0.29, 0.717) is 11.1 Å². The Morgan fingerprint density at radius 3 is 2.72 bits per heavy atom. The molecule has 0 amide bonds. The van der Waals surface area contributed by atoms with Crippen LogP contribution in [0.4, 0.5) is 4.39 Å². The Morgan fingerprint density at radius 2 is 2.03 bits per heavy atom. The molecule has 0 saturated carbocycles. The molecule has 0 unspecified atom stereocenters. The normalized spacial score (nSPS) is 12.8. The predicted octanol–water partition coefficient (Wildman–Crippen LogP) is 4.20. The van der Waals surface area contributed by atoms with Crippen molar-refractivity contribution < 1.29 is 12.8 Å². The second-order valence-electron chi connectivity index (χ2n) is 6.45. The highest BCUT2D eigenvalue weighted by Crippen LogP contribution is 2.39. The maximum atomic E-state index is 14.3. The summed E-state index contributed by atoms with van der Waals surface area (Å²) in [6.45, 7) is 0.0897. The molecule has 2 aromatic heterocycles. The fraction of sp³-hybridized carbons (Fsp3) is 0.211. The van der Waals surface area contributed by atoms with Crippen LogP contribution in [0.15, 0.2) is 59.5 Å². The van der Waals surface area contributed by atoms with E-state index in [4.69, 9.17) is 23.4 Å². The number of sulfonamides is 1. The summed E-state index contributed by atoms with van der Waals surface area (Å²) >= 11 is 12.0. The fourth-order valence-corrected chi connectivity index (χ4v) is 4.30. The second kappa shape index (κ2) is 8.81. The lowest BCUT2D eigenvalue weighted by Gasteiger charge is -2.12. The Hall–Kier alpha value is -1.97. The average Bonchev–Trinajstić information content (AvgIpc) is 2.98. The smallest absolute Gasteiger partial charge is 0.244 e. The molecule has 29 heavy (non-hydrogen) atoms. The Balaban J connectivity index is 2.18. The molecule has 0 saturated heterocycles. The van der Waals surface area contributed by atoms with Gasteiger partial charge in [-0.1, -0.05) is 29.8 Å². The molecule has 0 aliphatic carbocycles. The number of allylic oxidation sites excluding steroid dienone is 1. The lowest BCUT2D eigenvalue weighted by molar-refractivity contribution is 0.520. The molecule has 1 aromatic carbocycles. The molecule has 10 heteroatoms. The van der Waals surface area contributed by atoms with Crippen LogP contribution in [0, 0.1) is 0 Å². The maximum absolute atomic E-state index is 14.3. The largest absolute Gasteiger partial charge is 0.324 e.